The predicted molar refractivity (Wildman–Crippen MR) is 182 cm³/mol. The Balaban J connectivity index is 0.000000117. The summed E-state index contributed by atoms with van der Waals surface area (Å²) in [4.78, 5) is 0. The van der Waals surface area contributed by atoms with Crippen molar-refractivity contribution in [1.82, 2.24) is 0 Å². The Hall–Kier alpha value is -6.03. The highest BCUT2D eigenvalue weighted by molar-refractivity contribution is 7.79. The van der Waals surface area contributed by atoms with Crippen molar-refractivity contribution in [2.45, 2.75) is 25.9 Å². The van der Waals surface area contributed by atoms with Gasteiger partial charge < -0.3 is 47.0 Å². The third-order valence-electron chi connectivity index (χ3n) is 9.99. The molecule has 6 aromatic rings. The van der Waals surface area contributed by atoms with Crippen molar-refractivity contribution in [1.29, 1.82) is 0 Å². The molecule has 4 aromatic carbocycles. The van der Waals surface area contributed by atoms with Gasteiger partial charge >= 0.3 is 0 Å². The molecule has 0 aliphatic carbocycles. The van der Waals surface area contributed by atoms with Crippen LogP contribution in [0, 0.1) is 0 Å². The maximum Gasteiger partial charge on any atom is 0.231 e. The second kappa shape index (κ2) is 12.0. The molecule has 2 aromatic heterocycles. The van der Waals surface area contributed by atoms with Crippen LogP contribution in [0.1, 0.15) is 11.1 Å². The largest absolute Gasteiger partial charge is 0.759 e. The highest BCUT2D eigenvalue weighted by Gasteiger charge is 2.31. The smallest absolute Gasteiger partial charge is 0.231 e. The van der Waals surface area contributed by atoms with Crippen LogP contribution in [0.4, 0.5) is 0 Å². The number of pyridine rings is 2. The fourth-order valence-corrected chi connectivity index (χ4v) is 7.62. The van der Waals surface area contributed by atoms with Gasteiger partial charge in [0.05, 0.1) is 21.9 Å². The van der Waals surface area contributed by atoms with E-state index in [1.807, 2.05) is 12.1 Å². The van der Waals surface area contributed by atoms with Crippen LogP contribution in [0.2, 0.25) is 0 Å². The summed E-state index contributed by atoms with van der Waals surface area (Å²) in [6, 6.07) is 21.0. The molecule has 0 spiro atoms. The average Bonchev–Trinajstić information content (AvgIpc) is 3.98. The highest BCUT2D eigenvalue weighted by Crippen LogP contribution is 2.44. The Kier molecular flexibility index (Phi) is 7.18. The molecule has 0 saturated carbocycles. The summed E-state index contributed by atoms with van der Waals surface area (Å²) in [5, 5.41) is 4.49. The van der Waals surface area contributed by atoms with E-state index in [2.05, 4.69) is 70.1 Å². The Morgan fingerprint density at radius 3 is 1.30 bits per heavy atom. The van der Waals surface area contributed by atoms with Crippen LogP contribution < -0.4 is 47.0 Å². The van der Waals surface area contributed by atoms with Gasteiger partial charge in [-0.15, -0.1) is 0 Å². The Labute approximate surface area is 301 Å². The van der Waals surface area contributed by atoms with Crippen molar-refractivity contribution in [3.05, 3.63) is 84.2 Å². The van der Waals surface area contributed by atoms with Crippen molar-refractivity contribution in [2.75, 3.05) is 27.2 Å². The third-order valence-corrected chi connectivity index (χ3v) is 9.99. The van der Waals surface area contributed by atoms with Gasteiger partial charge in [0.1, 0.15) is 0 Å². The van der Waals surface area contributed by atoms with E-state index in [1.54, 1.807) is 0 Å². The van der Waals surface area contributed by atoms with E-state index < -0.39 is 10.4 Å². The van der Waals surface area contributed by atoms with Gasteiger partial charge in [-0.25, -0.2) is 0 Å². The molecule has 6 aliphatic rings. The van der Waals surface area contributed by atoms with Gasteiger partial charge in [-0.3, -0.25) is 8.42 Å². The zero-order valence-electron chi connectivity index (χ0n) is 27.8. The zero-order valence-corrected chi connectivity index (χ0v) is 28.6. The van der Waals surface area contributed by atoms with Crippen LogP contribution in [-0.2, 0) is 36.3 Å². The normalized spacial score (nSPS) is 15.7. The summed E-state index contributed by atoms with van der Waals surface area (Å²) in [5.74, 6) is 6.70. The van der Waals surface area contributed by atoms with Gasteiger partial charge in [0.15, 0.2) is 71.5 Å². The van der Waals surface area contributed by atoms with Gasteiger partial charge in [-0.2, -0.15) is 9.13 Å². The monoisotopic (exact) mass is 736 g/mol. The first-order valence-electron chi connectivity index (χ1n) is 16.8. The molecular weight excluding hydrogens is 708 g/mol. The number of fused-ring (bicyclic) bond motifs is 14. The SMILES string of the molecule is O=S(=O)([O-])[O-].c1c2c(cc3c1OCO3)-c1cc3ccc4c(c3c[n+]1CC2)OCO4.c1c2c(cc3c1OCO3)-c1cc3ccc4c(c3c[n+]1CC2)OCO4. The summed E-state index contributed by atoms with van der Waals surface area (Å²) in [5.41, 5.74) is 7.43. The minimum atomic E-state index is -5.17. The Morgan fingerprint density at radius 1 is 0.491 bits per heavy atom. The lowest BCUT2D eigenvalue weighted by atomic mass is 9.95. The molecular formula is C38H28N2O12S. The van der Waals surface area contributed by atoms with E-state index in [9.17, 15) is 0 Å². The lowest BCUT2D eigenvalue weighted by Gasteiger charge is -2.16. The summed E-state index contributed by atoms with van der Waals surface area (Å²) >= 11 is 0. The number of rotatable bonds is 0. The fraction of sp³-hybridized carbons (Fsp3) is 0.211. The van der Waals surface area contributed by atoms with Crippen molar-refractivity contribution in [2.24, 2.45) is 0 Å². The lowest BCUT2D eigenvalue weighted by Crippen LogP contribution is -2.40. The number of hydrogen-bond acceptors (Lipinski definition) is 12. The Morgan fingerprint density at radius 2 is 0.868 bits per heavy atom. The second-order valence-corrected chi connectivity index (χ2v) is 13.8. The number of benzene rings is 4. The van der Waals surface area contributed by atoms with Crippen molar-refractivity contribution >= 4 is 31.9 Å². The average molecular weight is 737 g/mol. The molecule has 0 N–H and O–H groups in total. The quantitative estimate of drug-likeness (QED) is 0.124. The molecule has 14 nitrogen and oxygen atoms in total. The minimum Gasteiger partial charge on any atom is -0.759 e. The van der Waals surface area contributed by atoms with Gasteiger partial charge in [0.2, 0.25) is 38.6 Å². The number of nitrogens with zero attached hydrogens (tertiary/aromatic N) is 2. The van der Waals surface area contributed by atoms with Crippen LogP contribution >= 0.6 is 0 Å². The van der Waals surface area contributed by atoms with Crippen LogP contribution in [-0.4, -0.2) is 44.7 Å². The zero-order chi connectivity index (χ0) is 35.8. The first-order chi connectivity index (χ1) is 25.7. The highest BCUT2D eigenvalue weighted by atomic mass is 32.3. The van der Waals surface area contributed by atoms with Gasteiger partial charge in [-0.1, -0.05) is 0 Å². The first-order valence-corrected chi connectivity index (χ1v) is 18.1. The van der Waals surface area contributed by atoms with Crippen molar-refractivity contribution < 1.29 is 64.6 Å². The minimum absolute atomic E-state index is 0.294. The molecule has 0 radical (unpaired) electrons. The third kappa shape index (κ3) is 5.60. The van der Waals surface area contributed by atoms with Gasteiger partial charge in [-0.05, 0) is 70.4 Å². The predicted octanol–water partition coefficient (Wildman–Crippen LogP) is 4.28. The van der Waals surface area contributed by atoms with Crippen molar-refractivity contribution in [3.63, 3.8) is 0 Å². The molecule has 12 rings (SSSR count). The summed E-state index contributed by atoms with van der Waals surface area (Å²) < 4.78 is 83.1. The molecule has 6 aliphatic heterocycles. The lowest BCUT2D eigenvalue weighted by molar-refractivity contribution is -0.686. The number of hydrogen-bond donors (Lipinski definition) is 0. The number of aromatic nitrogens is 2. The van der Waals surface area contributed by atoms with Gasteiger partial charge in [0, 0.05) is 35.4 Å². The summed E-state index contributed by atoms with van der Waals surface area (Å²) in [6.45, 7) is 3.06. The molecule has 268 valence electrons. The molecule has 0 fully saturated rings. The number of ether oxygens (including phenoxy) is 8. The molecule has 0 saturated heterocycles. The first kappa shape index (κ1) is 31.7. The van der Waals surface area contributed by atoms with E-state index >= 15 is 0 Å². The summed E-state index contributed by atoms with van der Waals surface area (Å²) in [6.07, 6.45) is 6.29. The van der Waals surface area contributed by atoms with Crippen LogP contribution in [0.15, 0.2) is 73.1 Å². The fourth-order valence-electron chi connectivity index (χ4n) is 7.62. The molecule has 0 unspecified atom stereocenters. The van der Waals surface area contributed by atoms with E-state index in [0.29, 0.717) is 27.2 Å². The van der Waals surface area contributed by atoms with Crippen LogP contribution in [0.25, 0.3) is 44.1 Å². The molecule has 0 bridgehead atoms. The molecule has 0 amide bonds. The van der Waals surface area contributed by atoms with E-state index in [0.717, 1.165) is 93.5 Å². The molecule has 0 atom stereocenters. The van der Waals surface area contributed by atoms with Crippen LogP contribution in [0.3, 0.4) is 0 Å². The van der Waals surface area contributed by atoms with E-state index in [4.69, 9.17) is 55.4 Å². The number of aryl methyl sites for hydroxylation is 4. The van der Waals surface area contributed by atoms with Crippen molar-refractivity contribution in [3.8, 4) is 68.5 Å². The van der Waals surface area contributed by atoms with Gasteiger partial charge in [0.25, 0.3) is 0 Å². The molecule has 53 heavy (non-hydrogen) atoms. The Bertz CT molecular complexity index is 2470. The molecule has 8 heterocycles. The maximum absolute atomic E-state index is 8.52. The van der Waals surface area contributed by atoms with Crippen LogP contribution in [0.5, 0.6) is 46.0 Å². The van der Waals surface area contributed by atoms with E-state index in [-0.39, 0.29) is 0 Å². The second-order valence-electron chi connectivity index (χ2n) is 12.9. The standard InChI is InChI=1S/2C19H14NO4.H2O4S/c2*1-2-16-19(24-10-21-16)14-8-20-4-3-12-6-17-18(23-9-22-17)7-13(12)15(20)5-11(1)14;1-5(2,3)4/h2*1-2,5-8H,3-4,9-10H2;(H2,1,2,3,4)/q2*+1;/p-2. The maximum atomic E-state index is 8.52. The summed E-state index contributed by atoms with van der Waals surface area (Å²) in [7, 11) is -5.17. The topological polar surface area (TPSA) is 162 Å². The molecule has 15 heteroatoms. The van der Waals surface area contributed by atoms with E-state index in [1.165, 1.54) is 33.6 Å².